The lowest BCUT2D eigenvalue weighted by atomic mass is 9.83. The number of ether oxygens (including phenoxy) is 4. The van der Waals surface area contributed by atoms with Crippen LogP contribution in [0.15, 0.2) is 24.3 Å². The average Bonchev–Trinajstić information content (AvgIpc) is 2.72. The van der Waals surface area contributed by atoms with Gasteiger partial charge in [0.25, 0.3) is 0 Å². The van der Waals surface area contributed by atoms with Crippen LogP contribution in [0.25, 0.3) is 0 Å². The zero-order valence-corrected chi connectivity index (χ0v) is 16.6. The molecule has 4 nitrogen and oxygen atoms in total. The highest BCUT2D eigenvalue weighted by Crippen LogP contribution is 2.47. The lowest BCUT2D eigenvalue weighted by Crippen LogP contribution is -2.58. The van der Waals surface area contributed by atoms with E-state index in [0.29, 0.717) is 12.1 Å². The van der Waals surface area contributed by atoms with E-state index in [4.69, 9.17) is 14.2 Å². The van der Waals surface area contributed by atoms with E-state index in [1.165, 1.54) is 0 Å². The van der Waals surface area contributed by atoms with Crippen molar-refractivity contribution < 1.29 is 49.7 Å². The highest BCUT2D eigenvalue weighted by molar-refractivity contribution is 5.33. The molecule has 2 aromatic carbocycles. The molecular weight excluding hydrogens is 449 g/mol. The van der Waals surface area contributed by atoms with Crippen LogP contribution in [0.4, 0.5) is 30.7 Å². The van der Waals surface area contributed by atoms with Crippen molar-refractivity contribution >= 4 is 0 Å². The maximum atomic E-state index is 14.6. The number of halogens is 7. The molecule has 3 aliphatic heterocycles. The molecule has 174 valence electrons. The van der Waals surface area contributed by atoms with Gasteiger partial charge < -0.3 is 18.9 Å². The predicted molar refractivity (Wildman–Crippen MR) is 94.1 cm³/mol. The van der Waals surface area contributed by atoms with Crippen LogP contribution in [0.3, 0.4) is 0 Å². The Morgan fingerprint density at radius 1 is 0.844 bits per heavy atom. The van der Waals surface area contributed by atoms with Gasteiger partial charge in [0.2, 0.25) is 0 Å². The number of fused-ring (bicyclic) bond motifs is 3. The van der Waals surface area contributed by atoms with Crippen molar-refractivity contribution in [1.82, 2.24) is 0 Å². The van der Waals surface area contributed by atoms with E-state index in [1.807, 2.05) is 6.92 Å². The summed E-state index contributed by atoms with van der Waals surface area (Å²) in [5.74, 6) is -12.1. The van der Waals surface area contributed by atoms with Crippen molar-refractivity contribution in [3.8, 4) is 5.75 Å². The minimum absolute atomic E-state index is 0.123. The monoisotopic (exact) mass is 466 g/mol. The fraction of sp³-hybridized carbons (Fsp3) is 0.429. The van der Waals surface area contributed by atoms with Crippen molar-refractivity contribution in [3.63, 3.8) is 0 Å². The lowest BCUT2D eigenvalue weighted by Gasteiger charge is -2.51. The highest BCUT2D eigenvalue weighted by atomic mass is 19.3. The number of benzene rings is 2. The van der Waals surface area contributed by atoms with Gasteiger partial charge in [0.05, 0.1) is 19.8 Å². The maximum absolute atomic E-state index is 14.6. The molecule has 0 atom stereocenters. The van der Waals surface area contributed by atoms with Crippen LogP contribution < -0.4 is 4.74 Å². The van der Waals surface area contributed by atoms with Crippen molar-refractivity contribution in [2.24, 2.45) is 5.41 Å². The first-order valence-corrected chi connectivity index (χ1v) is 9.64. The fourth-order valence-corrected chi connectivity index (χ4v) is 3.81. The second kappa shape index (κ2) is 7.89. The van der Waals surface area contributed by atoms with Gasteiger partial charge in [-0.1, -0.05) is 13.3 Å². The van der Waals surface area contributed by atoms with Crippen molar-refractivity contribution in [2.45, 2.75) is 31.8 Å². The number of hydrogen-bond donors (Lipinski definition) is 0. The first kappa shape index (κ1) is 22.8. The van der Waals surface area contributed by atoms with Gasteiger partial charge in [-0.25, -0.2) is 22.0 Å². The molecule has 0 radical (unpaired) electrons. The van der Waals surface area contributed by atoms with E-state index < -0.39 is 57.9 Å². The summed E-state index contributed by atoms with van der Waals surface area (Å²) in [6, 6.07) is 1.33. The van der Waals surface area contributed by atoms with E-state index in [0.717, 1.165) is 12.8 Å². The molecule has 0 N–H and O–H groups in total. The summed E-state index contributed by atoms with van der Waals surface area (Å²) in [4.78, 5) is 0. The summed E-state index contributed by atoms with van der Waals surface area (Å²) in [7, 11) is 0. The Kier molecular flexibility index (Phi) is 5.62. The molecule has 5 rings (SSSR count). The third-order valence-electron chi connectivity index (χ3n) is 5.38. The van der Waals surface area contributed by atoms with Gasteiger partial charge in [-0.05, 0) is 18.6 Å². The normalized spacial score (nSPS) is 25.2. The first-order chi connectivity index (χ1) is 15.0. The quantitative estimate of drug-likeness (QED) is 0.417. The molecule has 0 amide bonds. The minimum Gasteiger partial charge on any atom is -0.429 e. The van der Waals surface area contributed by atoms with Crippen LogP contribution >= 0.6 is 0 Å². The molecule has 32 heavy (non-hydrogen) atoms. The van der Waals surface area contributed by atoms with Gasteiger partial charge in [-0.15, -0.1) is 0 Å². The van der Waals surface area contributed by atoms with Crippen LogP contribution in [0.5, 0.6) is 5.75 Å². The lowest BCUT2D eigenvalue weighted by molar-refractivity contribution is -0.480. The van der Waals surface area contributed by atoms with E-state index >= 15 is 0 Å². The SMILES string of the molecule is CCCC12COC(c3cc(F)c(C(F)(F)Oc4cc(F)c(F)c(F)c4)c(F)c3)(OC1)OC2. The third-order valence-corrected chi connectivity index (χ3v) is 5.38. The smallest absolute Gasteiger partial charge is 0.429 e. The summed E-state index contributed by atoms with van der Waals surface area (Å²) in [5.41, 5.74) is -2.54. The van der Waals surface area contributed by atoms with Gasteiger partial charge in [0.1, 0.15) is 22.9 Å². The molecule has 3 saturated heterocycles. The Balaban J connectivity index is 1.62. The number of rotatable bonds is 6. The Hall–Kier alpha value is -2.37. The van der Waals surface area contributed by atoms with Gasteiger partial charge in [0.15, 0.2) is 17.5 Å². The second-order valence-electron chi connectivity index (χ2n) is 7.81. The van der Waals surface area contributed by atoms with E-state index in [-0.39, 0.29) is 37.5 Å². The molecule has 0 spiro atoms. The molecule has 3 heterocycles. The third kappa shape index (κ3) is 3.82. The number of alkyl halides is 2. The van der Waals surface area contributed by atoms with Crippen LogP contribution in [0.1, 0.15) is 30.9 Å². The summed E-state index contributed by atoms with van der Waals surface area (Å²) >= 11 is 0. The Labute approximate surface area is 177 Å². The molecule has 2 bridgehead atoms. The largest absolute Gasteiger partial charge is 0.432 e. The minimum atomic E-state index is -4.70. The van der Waals surface area contributed by atoms with Crippen molar-refractivity contribution in [1.29, 1.82) is 0 Å². The Morgan fingerprint density at radius 3 is 1.81 bits per heavy atom. The molecule has 3 fully saturated rings. The van der Waals surface area contributed by atoms with Crippen molar-refractivity contribution in [2.75, 3.05) is 19.8 Å². The van der Waals surface area contributed by atoms with E-state index in [1.54, 1.807) is 0 Å². The topological polar surface area (TPSA) is 36.9 Å². The van der Waals surface area contributed by atoms with E-state index in [2.05, 4.69) is 4.74 Å². The summed E-state index contributed by atoms with van der Waals surface area (Å²) in [6.07, 6.45) is -3.13. The molecule has 0 aliphatic carbocycles. The first-order valence-electron chi connectivity index (χ1n) is 9.64. The van der Waals surface area contributed by atoms with Crippen LogP contribution in [-0.2, 0) is 26.3 Å². The molecule has 0 aromatic heterocycles. The average molecular weight is 466 g/mol. The van der Waals surface area contributed by atoms with E-state index in [9.17, 15) is 30.7 Å². The van der Waals surface area contributed by atoms with Gasteiger partial charge >= 0.3 is 12.1 Å². The molecule has 0 unspecified atom stereocenters. The van der Waals surface area contributed by atoms with Crippen LogP contribution in [0, 0.1) is 34.5 Å². The Morgan fingerprint density at radius 2 is 1.34 bits per heavy atom. The zero-order valence-electron chi connectivity index (χ0n) is 16.6. The zero-order chi connectivity index (χ0) is 23.3. The van der Waals surface area contributed by atoms with Crippen LogP contribution in [0.2, 0.25) is 0 Å². The standard InChI is InChI=1S/C21H17F7O4/c1-2-3-19-8-29-21(30-9-19,31-10-19)11-4-13(22)17(14(23)5-11)20(27,28)32-12-6-15(24)18(26)16(25)7-12/h4-7H,2-3,8-10H2,1H3. The summed E-state index contributed by atoms with van der Waals surface area (Å²) in [6.45, 7) is 2.53. The fourth-order valence-electron chi connectivity index (χ4n) is 3.81. The van der Waals surface area contributed by atoms with Gasteiger partial charge in [-0.2, -0.15) is 8.78 Å². The van der Waals surface area contributed by atoms with Gasteiger partial charge in [0, 0.05) is 23.1 Å². The van der Waals surface area contributed by atoms with Crippen molar-refractivity contribution in [3.05, 3.63) is 64.5 Å². The maximum Gasteiger partial charge on any atom is 0.432 e. The second-order valence-corrected chi connectivity index (χ2v) is 7.81. The highest BCUT2D eigenvalue weighted by Gasteiger charge is 2.54. The molecule has 0 saturated carbocycles. The molecule has 2 aromatic rings. The van der Waals surface area contributed by atoms with Gasteiger partial charge in [-0.3, -0.25) is 0 Å². The number of hydrogen-bond acceptors (Lipinski definition) is 4. The van der Waals surface area contributed by atoms with Crippen LogP contribution in [-0.4, -0.2) is 19.8 Å². The molecular formula is C21H17F7O4. The summed E-state index contributed by atoms with van der Waals surface area (Å²) in [5, 5.41) is 0. The molecule has 11 heteroatoms. The predicted octanol–water partition coefficient (Wildman–Crippen LogP) is 5.48. The summed E-state index contributed by atoms with van der Waals surface area (Å²) < 4.78 is 119. The molecule has 3 aliphatic rings. The Bertz CT molecular complexity index is 972.